The molecule has 1 aliphatic carbocycles. The third-order valence-electron chi connectivity index (χ3n) is 2.55. The van der Waals surface area contributed by atoms with Crippen LogP contribution in [-0.4, -0.2) is 12.1 Å². The van der Waals surface area contributed by atoms with E-state index in [1.807, 2.05) is 30.3 Å². The zero-order valence-electron chi connectivity index (χ0n) is 8.56. The summed E-state index contributed by atoms with van der Waals surface area (Å²) in [6.45, 7) is 0. The van der Waals surface area contributed by atoms with E-state index in [4.69, 9.17) is 4.74 Å². The molecular formula is C13H14O2. The molecule has 0 amide bonds. The number of carbonyl (C=O) groups is 1. The van der Waals surface area contributed by atoms with Crippen LogP contribution < -0.4 is 0 Å². The minimum Gasteiger partial charge on any atom is -0.459 e. The maximum atomic E-state index is 11.3. The molecule has 0 aromatic heterocycles. The predicted molar refractivity (Wildman–Crippen MR) is 59.2 cm³/mol. The number of esters is 1. The fourth-order valence-corrected chi connectivity index (χ4v) is 1.42. The van der Waals surface area contributed by atoms with Gasteiger partial charge in [0.05, 0.1) is 0 Å². The van der Waals surface area contributed by atoms with E-state index in [0.717, 1.165) is 18.4 Å². The Labute approximate surface area is 89.6 Å². The van der Waals surface area contributed by atoms with Crippen molar-refractivity contribution in [3.8, 4) is 0 Å². The summed E-state index contributed by atoms with van der Waals surface area (Å²) >= 11 is 0. The van der Waals surface area contributed by atoms with E-state index in [9.17, 15) is 4.79 Å². The molecule has 1 fully saturated rings. The van der Waals surface area contributed by atoms with Gasteiger partial charge in [-0.05, 0) is 30.9 Å². The van der Waals surface area contributed by atoms with Gasteiger partial charge in [-0.25, -0.2) is 4.79 Å². The Bertz CT molecular complexity index is 350. The van der Waals surface area contributed by atoms with E-state index in [0.29, 0.717) is 0 Å². The molecule has 2 heteroatoms. The molecule has 0 radical (unpaired) electrons. The molecule has 0 atom stereocenters. The van der Waals surface area contributed by atoms with E-state index in [1.165, 1.54) is 12.5 Å². The van der Waals surface area contributed by atoms with Gasteiger partial charge in [0.1, 0.15) is 6.10 Å². The molecule has 1 aromatic carbocycles. The molecule has 0 heterocycles. The van der Waals surface area contributed by atoms with Crippen LogP contribution in [-0.2, 0) is 9.53 Å². The van der Waals surface area contributed by atoms with Crippen molar-refractivity contribution in [2.45, 2.75) is 25.4 Å². The molecule has 2 rings (SSSR count). The summed E-state index contributed by atoms with van der Waals surface area (Å²) in [6.07, 6.45) is 6.66. The Kier molecular flexibility index (Phi) is 3.18. The maximum Gasteiger partial charge on any atom is 0.331 e. The summed E-state index contributed by atoms with van der Waals surface area (Å²) in [5.41, 5.74) is 1.02. The average Bonchev–Trinajstić information content (AvgIpc) is 2.22. The molecule has 1 aromatic rings. The van der Waals surface area contributed by atoms with Gasteiger partial charge >= 0.3 is 5.97 Å². The second kappa shape index (κ2) is 4.78. The Balaban J connectivity index is 1.85. The zero-order valence-corrected chi connectivity index (χ0v) is 8.56. The second-order valence-corrected chi connectivity index (χ2v) is 3.73. The highest BCUT2D eigenvalue weighted by molar-refractivity contribution is 5.87. The first-order valence-electron chi connectivity index (χ1n) is 5.28. The standard InChI is InChI=1S/C13H14O2/c14-13(15-12-7-4-8-12)10-9-11-5-2-1-3-6-11/h1-3,5-6,9-10,12H,4,7-8H2/b10-9+. The van der Waals surface area contributed by atoms with Crippen molar-refractivity contribution in [3.05, 3.63) is 42.0 Å². The first-order valence-corrected chi connectivity index (χ1v) is 5.28. The number of hydrogen-bond acceptors (Lipinski definition) is 2. The van der Waals surface area contributed by atoms with E-state index in [-0.39, 0.29) is 12.1 Å². The summed E-state index contributed by atoms with van der Waals surface area (Å²) < 4.78 is 5.18. The number of carbonyl (C=O) groups excluding carboxylic acids is 1. The van der Waals surface area contributed by atoms with Gasteiger partial charge in [0, 0.05) is 6.08 Å². The maximum absolute atomic E-state index is 11.3. The quantitative estimate of drug-likeness (QED) is 0.556. The van der Waals surface area contributed by atoms with Gasteiger partial charge in [0.25, 0.3) is 0 Å². The van der Waals surface area contributed by atoms with Gasteiger partial charge in [0.2, 0.25) is 0 Å². The molecular weight excluding hydrogens is 188 g/mol. The molecule has 0 N–H and O–H groups in total. The smallest absolute Gasteiger partial charge is 0.331 e. The van der Waals surface area contributed by atoms with Crippen LogP contribution in [0.15, 0.2) is 36.4 Å². The van der Waals surface area contributed by atoms with Crippen molar-refractivity contribution < 1.29 is 9.53 Å². The van der Waals surface area contributed by atoms with Crippen LogP contribution in [0.1, 0.15) is 24.8 Å². The van der Waals surface area contributed by atoms with Crippen molar-refractivity contribution in [1.29, 1.82) is 0 Å². The highest BCUT2D eigenvalue weighted by Crippen LogP contribution is 2.22. The summed E-state index contributed by atoms with van der Waals surface area (Å²) in [5.74, 6) is -0.233. The van der Waals surface area contributed by atoms with Gasteiger partial charge in [-0.15, -0.1) is 0 Å². The summed E-state index contributed by atoms with van der Waals surface area (Å²) in [4.78, 5) is 11.3. The molecule has 15 heavy (non-hydrogen) atoms. The fraction of sp³-hybridized carbons (Fsp3) is 0.308. The lowest BCUT2D eigenvalue weighted by Crippen LogP contribution is -2.23. The van der Waals surface area contributed by atoms with Crippen molar-refractivity contribution in [2.75, 3.05) is 0 Å². The normalized spacial score (nSPS) is 16.3. The van der Waals surface area contributed by atoms with Gasteiger partial charge < -0.3 is 4.74 Å². The van der Waals surface area contributed by atoms with E-state index < -0.39 is 0 Å². The molecule has 0 aliphatic heterocycles. The number of hydrogen-bond donors (Lipinski definition) is 0. The molecule has 2 nitrogen and oxygen atoms in total. The SMILES string of the molecule is O=C(/C=C/c1ccccc1)OC1CCC1. The number of rotatable bonds is 3. The first-order chi connectivity index (χ1) is 7.34. The number of benzene rings is 1. The number of ether oxygens (including phenoxy) is 1. The van der Waals surface area contributed by atoms with Crippen molar-refractivity contribution in [1.82, 2.24) is 0 Å². The van der Waals surface area contributed by atoms with Gasteiger partial charge in [-0.3, -0.25) is 0 Å². The monoisotopic (exact) mass is 202 g/mol. The third-order valence-corrected chi connectivity index (χ3v) is 2.55. The van der Waals surface area contributed by atoms with E-state index in [1.54, 1.807) is 6.08 Å². The van der Waals surface area contributed by atoms with Crippen molar-refractivity contribution in [2.24, 2.45) is 0 Å². The molecule has 78 valence electrons. The molecule has 0 saturated heterocycles. The minimum atomic E-state index is -0.233. The second-order valence-electron chi connectivity index (χ2n) is 3.73. The molecule has 0 spiro atoms. The van der Waals surface area contributed by atoms with Gasteiger partial charge in [0.15, 0.2) is 0 Å². The van der Waals surface area contributed by atoms with Crippen LogP contribution in [0.3, 0.4) is 0 Å². The highest BCUT2D eigenvalue weighted by atomic mass is 16.5. The van der Waals surface area contributed by atoms with E-state index in [2.05, 4.69) is 0 Å². The topological polar surface area (TPSA) is 26.3 Å². The zero-order chi connectivity index (χ0) is 10.5. The van der Waals surface area contributed by atoms with E-state index >= 15 is 0 Å². The van der Waals surface area contributed by atoms with Gasteiger partial charge in [-0.2, -0.15) is 0 Å². The Morgan fingerprint density at radius 1 is 1.27 bits per heavy atom. The van der Waals surface area contributed by atoms with Gasteiger partial charge in [-0.1, -0.05) is 30.3 Å². The molecule has 1 aliphatic rings. The Hall–Kier alpha value is -1.57. The molecule has 0 unspecified atom stereocenters. The van der Waals surface area contributed by atoms with Crippen LogP contribution in [0.4, 0.5) is 0 Å². The fourth-order valence-electron chi connectivity index (χ4n) is 1.42. The minimum absolute atomic E-state index is 0.165. The summed E-state index contributed by atoms with van der Waals surface area (Å²) in [7, 11) is 0. The molecule has 1 saturated carbocycles. The lowest BCUT2D eigenvalue weighted by Gasteiger charge is -2.24. The van der Waals surface area contributed by atoms with Crippen LogP contribution in [0.5, 0.6) is 0 Å². The Morgan fingerprint density at radius 3 is 2.60 bits per heavy atom. The summed E-state index contributed by atoms with van der Waals surface area (Å²) in [6, 6.07) is 9.73. The summed E-state index contributed by atoms with van der Waals surface area (Å²) in [5, 5.41) is 0. The van der Waals surface area contributed by atoms with Crippen LogP contribution in [0.2, 0.25) is 0 Å². The first kappa shape index (κ1) is 9.97. The van der Waals surface area contributed by atoms with Crippen LogP contribution in [0.25, 0.3) is 6.08 Å². The lowest BCUT2D eigenvalue weighted by molar-refractivity contribution is -0.146. The Morgan fingerprint density at radius 2 is 2.00 bits per heavy atom. The highest BCUT2D eigenvalue weighted by Gasteiger charge is 2.20. The van der Waals surface area contributed by atoms with Crippen LogP contribution in [0, 0.1) is 0 Å². The average molecular weight is 202 g/mol. The molecule has 0 bridgehead atoms. The largest absolute Gasteiger partial charge is 0.459 e. The predicted octanol–water partition coefficient (Wildman–Crippen LogP) is 2.80. The van der Waals surface area contributed by atoms with Crippen molar-refractivity contribution in [3.63, 3.8) is 0 Å². The van der Waals surface area contributed by atoms with Crippen molar-refractivity contribution >= 4 is 12.0 Å². The lowest BCUT2D eigenvalue weighted by atomic mass is 9.96. The van der Waals surface area contributed by atoms with Crippen LogP contribution >= 0.6 is 0 Å². The third kappa shape index (κ3) is 2.94.